The Kier molecular flexibility index (Phi) is 2.73. The van der Waals surface area contributed by atoms with Crippen molar-refractivity contribution in [3.8, 4) is 12.3 Å². The summed E-state index contributed by atoms with van der Waals surface area (Å²) in [5, 5.41) is 12.4. The topological polar surface area (TPSA) is 32.3 Å². The molecule has 1 fully saturated rings. The lowest BCUT2D eigenvalue weighted by Crippen LogP contribution is -2.35. The predicted molar refractivity (Wildman–Crippen MR) is 40.4 cm³/mol. The fourth-order valence-electron chi connectivity index (χ4n) is 1.28. The smallest absolute Gasteiger partial charge is 0.118 e. The summed E-state index contributed by atoms with van der Waals surface area (Å²) < 4.78 is 0. The minimum Gasteiger partial charge on any atom is -0.380 e. The third-order valence-electron chi connectivity index (χ3n) is 1.95. The van der Waals surface area contributed by atoms with Crippen LogP contribution in [-0.4, -0.2) is 24.3 Å². The minimum atomic E-state index is -0.548. The summed E-state index contributed by atoms with van der Waals surface area (Å²) in [7, 11) is 0. The van der Waals surface area contributed by atoms with Crippen LogP contribution in [0.3, 0.4) is 0 Å². The highest BCUT2D eigenvalue weighted by molar-refractivity contribution is 4.98. The van der Waals surface area contributed by atoms with E-state index in [-0.39, 0.29) is 5.92 Å². The molecule has 2 nitrogen and oxygen atoms in total. The van der Waals surface area contributed by atoms with E-state index in [1.54, 1.807) is 0 Å². The molecule has 10 heavy (non-hydrogen) atoms. The van der Waals surface area contributed by atoms with Crippen LogP contribution in [0.15, 0.2) is 0 Å². The van der Waals surface area contributed by atoms with E-state index in [2.05, 4.69) is 11.2 Å². The Morgan fingerprint density at radius 2 is 2.50 bits per heavy atom. The van der Waals surface area contributed by atoms with E-state index in [0.717, 1.165) is 25.9 Å². The van der Waals surface area contributed by atoms with Gasteiger partial charge in [-0.3, -0.25) is 0 Å². The van der Waals surface area contributed by atoms with Crippen LogP contribution in [0.4, 0.5) is 0 Å². The molecule has 2 heteroatoms. The minimum absolute atomic E-state index is 0.277. The summed E-state index contributed by atoms with van der Waals surface area (Å²) in [5.74, 6) is 2.63. The van der Waals surface area contributed by atoms with Gasteiger partial charge < -0.3 is 10.4 Å². The summed E-state index contributed by atoms with van der Waals surface area (Å²) in [6.07, 6.45) is 6.71. The molecule has 2 N–H and O–H groups in total. The zero-order valence-corrected chi connectivity index (χ0v) is 6.01. The van der Waals surface area contributed by atoms with Gasteiger partial charge in [-0.2, -0.15) is 0 Å². The van der Waals surface area contributed by atoms with Crippen molar-refractivity contribution in [1.82, 2.24) is 5.32 Å². The van der Waals surface area contributed by atoms with Crippen LogP contribution in [0.25, 0.3) is 0 Å². The van der Waals surface area contributed by atoms with Gasteiger partial charge in [0, 0.05) is 12.5 Å². The van der Waals surface area contributed by atoms with E-state index in [4.69, 9.17) is 6.42 Å². The molecule has 0 bridgehead atoms. The van der Waals surface area contributed by atoms with E-state index in [9.17, 15) is 5.11 Å². The molecule has 56 valence electrons. The molecule has 0 aromatic heterocycles. The molecule has 1 aliphatic heterocycles. The SMILES string of the molecule is C#CC(O)C1CCCNC1. The van der Waals surface area contributed by atoms with Gasteiger partial charge in [-0.05, 0) is 19.4 Å². The van der Waals surface area contributed by atoms with Crippen molar-refractivity contribution in [3.05, 3.63) is 0 Å². The van der Waals surface area contributed by atoms with Crippen molar-refractivity contribution in [1.29, 1.82) is 0 Å². The molecule has 0 amide bonds. The van der Waals surface area contributed by atoms with Crippen LogP contribution in [0.2, 0.25) is 0 Å². The largest absolute Gasteiger partial charge is 0.380 e. The fourth-order valence-corrected chi connectivity index (χ4v) is 1.28. The first-order valence-electron chi connectivity index (χ1n) is 3.69. The Morgan fingerprint density at radius 3 is 3.00 bits per heavy atom. The van der Waals surface area contributed by atoms with Gasteiger partial charge in [0.15, 0.2) is 0 Å². The van der Waals surface area contributed by atoms with E-state index >= 15 is 0 Å². The second-order valence-corrected chi connectivity index (χ2v) is 2.72. The van der Waals surface area contributed by atoms with Crippen molar-refractivity contribution in [2.45, 2.75) is 18.9 Å². The molecule has 0 aromatic carbocycles. The van der Waals surface area contributed by atoms with Gasteiger partial charge in [-0.15, -0.1) is 6.42 Å². The Hall–Kier alpha value is -0.520. The summed E-state index contributed by atoms with van der Waals surface area (Å²) in [5.41, 5.74) is 0. The highest BCUT2D eigenvalue weighted by Gasteiger charge is 2.18. The molecule has 0 aromatic rings. The van der Waals surface area contributed by atoms with E-state index in [1.165, 1.54) is 0 Å². The zero-order valence-electron chi connectivity index (χ0n) is 6.01. The van der Waals surface area contributed by atoms with Crippen molar-refractivity contribution >= 4 is 0 Å². The lowest BCUT2D eigenvalue weighted by molar-refractivity contribution is 0.141. The van der Waals surface area contributed by atoms with Crippen LogP contribution in [-0.2, 0) is 0 Å². The highest BCUT2D eigenvalue weighted by atomic mass is 16.3. The maximum atomic E-state index is 9.21. The second kappa shape index (κ2) is 3.60. The van der Waals surface area contributed by atoms with Crippen LogP contribution in [0.1, 0.15) is 12.8 Å². The lowest BCUT2D eigenvalue weighted by atomic mass is 9.94. The third-order valence-corrected chi connectivity index (χ3v) is 1.95. The number of rotatable bonds is 1. The number of hydrogen-bond donors (Lipinski definition) is 2. The number of aliphatic hydroxyl groups excluding tert-OH is 1. The van der Waals surface area contributed by atoms with Gasteiger partial charge in [-0.1, -0.05) is 5.92 Å². The summed E-state index contributed by atoms with van der Waals surface area (Å²) in [4.78, 5) is 0. The molecule has 0 spiro atoms. The molecule has 1 heterocycles. The highest BCUT2D eigenvalue weighted by Crippen LogP contribution is 2.13. The van der Waals surface area contributed by atoms with Crippen molar-refractivity contribution in [3.63, 3.8) is 0 Å². The second-order valence-electron chi connectivity index (χ2n) is 2.72. The number of terminal acetylenes is 1. The first-order chi connectivity index (χ1) is 4.84. The number of piperidine rings is 1. The molecule has 1 saturated heterocycles. The number of aliphatic hydroxyl groups is 1. The first-order valence-corrected chi connectivity index (χ1v) is 3.69. The lowest BCUT2D eigenvalue weighted by Gasteiger charge is -2.24. The molecule has 0 saturated carbocycles. The molecular weight excluding hydrogens is 126 g/mol. The summed E-state index contributed by atoms with van der Waals surface area (Å²) in [6, 6.07) is 0. The Labute approximate surface area is 61.6 Å². The molecular formula is C8H13NO. The normalized spacial score (nSPS) is 29.0. The van der Waals surface area contributed by atoms with Gasteiger partial charge in [0.05, 0.1) is 0 Å². The monoisotopic (exact) mass is 139 g/mol. The Morgan fingerprint density at radius 1 is 1.70 bits per heavy atom. The predicted octanol–water partition coefficient (Wildman–Crippen LogP) is -0.0199. The van der Waals surface area contributed by atoms with Crippen molar-refractivity contribution in [2.75, 3.05) is 13.1 Å². The van der Waals surface area contributed by atoms with Gasteiger partial charge in [0.1, 0.15) is 6.10 Å². The van der Waals surface area contributed by atoms with Gasteiger partial charge in [-0.25, -0.2) is 0 Å². The summed E-state index contributed by atoms with van der Waals surface area (Å²) in [6.45, 7) is 1.93. The average molecular weight is 139 g/mol. The Balaban J connectivity index is 2.33. The fraction of sp³-hybridized carbons (Fsp3) is 0.750. The van der Waals surface area contributed by atoms with E-state index in [0.29, 0.717) is 0 Å². The third kappa shape index (κ3) is 1.73. The summed E-state index contributed by atoms with van der Waals surface area (Å²) >= 11 is 0. The standard InChI is InChI=1S/C8H13NO/c1-2-8(10)7-4-3-5-9-6-7/h1,7-10H,3-6H2. The van der Waals surface area contributed by atoms with Crippen LogP contribution >= 0.6 is 0 Å². The van der Waals surface area contributed by atoms with E-state index < -0.39 is 6.10 Å². The molecule has 1 rings (SSSR count). The first kappa shape index (κ1) is 7.59. The van der Waals surface area contributed by atoms with Crippen LogP contribution in [0.5, 0.6) is 0 Å². The molecule has 1 aliphatic rings. The maximum Gasteiger partial charge on any atom is 0.118 e. The Bertz CT molecular complexity index is 133. The van der Waals surface area contributed by atoms with Crippen LogP contribution < -0.4 is 5.32 Å². The van der Waals surface area contributed by atoms with E-state index in [1.807, 2.05) is 0 Å². The zero-order chi connectivity index (χ0) is 7.40. The molecule has 0 radical (unpaired) electrons. The molecule has 2 unspecified atom stereocenters. The maximum absolute atomic E-state index is 9.21. The van der Waals surface area contributed by atoms with Crippen molar-refractivity contribution < 1.29 is 5.11 Å². The van der Waals surface area contributed by atoms with Crippen LogP contribution in [0, 0.1) is 18.3 Å². The number of hydrogen-bond acceptors (Lipinski definition) is 2. The molecule has 2 atom stereocenters. The number of nitrogens with one attached hydrogen (secondary N) is 1. The quantitative estimate of drug-likeness (QED) is 0.500. The van der Waals surface area contributed by atoms with Gasteiger partial charge in [0.25, 0.3) is 0 Å². The average Bonchev–Trinajstić information content (AvgIpc) is 2.05. The van der Waals surface area contributed by atoms with Gasteiger partial charge in [0.2, 0.25) is 0 Å². The molecule has 0 aliphatic carbocycles. The van der Waals surface area contributed by atoms with Crippen molar-refractivity contribution in [2.24, 2.45) is 5.92 Å². The van der Waals surface area contributed by atoms with Gasteiger partial charge >= 0.3 is 0 Å².